The Kier molecular flexibility index (Phi) is 3.36. The lowest BCUT2D eigenvalue weighted by Crippen LogP contribution is -2.41. The van der Waals surface area contributed by atoms with Gasteiger partial charge in [0.1, 0.15) is 16.9 Å². The largest absolute Gasteiger partial charge is 0.391 e. The monoisotopic (exact) mass is 345 g/mol. The van der Waals surface area contributed by atoms with Gasteiger partial charge >= 0.3 is 0 Å². The molecule has 2 atom stereocenters. The van der Waals surface area contributed by atoms with Crippen LogP contribution in [0.5, 0.6) is 0 Å². The zero-order chi connectivity index (χ0) is 17.0. The van der Waals surface area contributed by atoms with E-state index in [2.05, 4.69) is 10.1 Å². The number of aliphatic hydroxyl groups is 1. The first-order valence-electron chi connectivity index (χ1n) is 7.65. The van der Waals surface area contributed by atoms with Crippen LogP contribution in [0.3, 0.4) is 0 Å². The smallest absolute Gasteiger partial charge is 0.240 e. The predicted octanol–water partition coefficient (Wildman–Crippen LogP) is 1.27. The molecule has 0 aliphatic carbocycles. The molecule has 1 aliphatic rings. The van der Waals surface area contributed by atoms with Gasteiger partial charge in [-0.2, -0.15) is 5.10 Å². The summed E-state index contributed by atoms with van der Waals surface area (Å²) in [6, 6.07) is 7.03. The molecular formula is C16H16ClN5O2. The number of aliphatic hydroxyl groups excluding tert-OH is 1. The molecule has 1 saturated heterocycles. The Morgan fingerprint density at radius 2 is 2.17 bits per heavy atom. The Balaban J connectivity index is 2.03. The van der Waals surface area contributed by atoms with Crippen LogP contribution >= 0.6 is 11.6 Å². The number of aryl methyl sites for hydroxylation is 1. The molecule has 1 fully saturated rings. The van der Waals surface area contributed by atoms with Crippen molar-refractivity contribution in [1.82, 2.24) is 14.6 Å². The molecule has 124 valence electrons. The fraction of sp³-hybridized carbons (Fsp3) is 0.312. The lowest BCUT2D eigenvalue weighted by atomic mass is 10.1. The van der Waals surface area contributed by atoms with Crippen molar-refractivity contribution >= 4 is 39.9 Å². The van der Waals surface area contributed by atoms with Gasteiger partial charge in [0.25, 0.3) is 0 Å². The average Bonchev–Trinajstić information content (AvgIpc) is 3.08. The second-order valence-corrected chi connectivity index (χ2v) is 6.43. The van der Waals surface area contributed by atoms with Crippen LogP contribution < -0.4 is 10.6 Å². The first kappa shape index (κ1) is 15.2. The van der Waals surface area contributed by atoms with Gasteiger partial charge in [0.15, 0.2) is 5.65 Å². The minimum atomic E-state index is -0.624. The summed E-state index contributed by atoms with van der Waals surface area (Å²) in [6.07, 6.45) is -0.330. The van der Waals surface area contributed by atoms with Crippen LogP contribution in [0.1, 0.15) is 12.1 Å². The van der Waals surface area contributed by atoms with Gasteiger partial charge in [-0.05, 0) is 19.1 Å². The van der Waals surface area contributed by atoms with Crippen molar-refractivity contribution in [1.29, 1.82) is 0 Å². The van der Waals surface area contributed by atoms with Crippen LogP contribution in [0.25, 0.3) is 16.6 Å². The molecule has 0 saturated carbocycles. The number of carbonyl (C=O) groups excluding carboxylic acids is 1. The van der Waals surface area contributed by atoms with Crippen molar-refractivity contribution in [2.75, 3.05) is 11.4 Å². The number of nitrogens with two attached hydrogens (primary N) is 1. The van der Waals surface area contributed by atoms with E-state index in [1.807, 2.05) is 31.2 Å². The number of fused-ring (bicyclic) bond motifs is 3. The van der Waals surface area contributed by atoms with Gasteiger partial charge in [-0.15, -0.1) is 0 Å². The number of anilines is 1. The Morgan fingerprint density at radius 3 is 2.92 bits per heavy atom. The van der Waals surface area contributed by atoms with Gasteiger partial charge in [0.05, 0.1) is 17.3 Å². The van der Waals surface area contributed by atoms with Crippen molar-refractivity contribution in [3.05, 3.63) is 35.0 Å². The molecule has 0 bridgehead atoms. The molecule has 8 heteroatoms. The second-order valence-electron chi connectivity index (χ2n) is 6.05. The molecule has 7 nitrogen and oxygen atoms in total. The number of primary amides is 1. The lowest BCUT2D eigenvalue weighted by molar-refractivity contribution is -0.119. The van der Waals surface area contributed by atoms with E-state index < -0.39 is 18.1 Å². The van der Waals surface area contributed by atoms with E-state index in [9.17, 15) is 9.90 Å². The van der Waals surface area contributed by atoms with Gasteiger partial charge in [-0.3, -0.25) is 4.79 Å². The number of hydrogen-bond acceptors (Lipinski definition) is 5. The van der Waals surface area contributed by atoms with Crippen LogP contribution in [0.4, 0.5) is 5.82 Å². The summed E-state index contributed by atoms with van der Waals surface area (Å²) in [7, 11) is 0. The summed E-state index contributed by atoms with van der Waals surface area (Å²) in [5, 5.41) is 15.7. The van der Waals surface area contributed by atoms with Crippen molar-refractivity contribution in [2.45, 2.75) is 25.5 Å². The van der Waals surface area contributed by atoms with Crippen LogP contribution in [-0.4, -0.2) is 44.3 Å². The highest BCUT2D eigenvalue weighted by Gasteiger charge is 2.36. The quantitative estimate of drug-likeness (QED) is 0.729. The van der Waals surface area contributed by atoms with E-state index in [1.54, 1.807) is 9.42 Å². The van der Waals surface area contributed by atoms with E-state index in [0.717, 1.165) is 10.9 Å². The topological polar surface area (TPSA) is 96.8 Å². The zero-order valence-electron chi connectivity index (χ0n) is 13.0. The number of β-amino-alcohol motifs (C(OH)–C–C–N with tert-alkyl or cyclic N) is 1. The van der Waals surface area contributed by atoms with E-state index in [1.165, 1.54) is 0 Å². The highest BCUT2D eigenvalue weighted by atomic mass is 35.5. The third-order valence-electron chi connectivity index (χ3n) is 4.43. The molecule has 24 heavy (non-hydrogen) atoms. The molecule has 0 radical (unpaired) electrons. The minimum absolute atomic E-state index is 0.294. The number of nitrogens with zero attached hydrogens (tertiary/aromatic N) is 4. The van der Waals surface area contributed by atoms with E-state index in [0.29, 0.717) is 35.1 Å². The fourth-order valence-corrected chi connectivity index (χ4v) is 3.47. The van der Waals surface area contributed by atoms with E-state index in [4.69, 9.17) is 17.3 Å². The SMILES string of the molecule is Cc1nn2c(nc(N3CC(O)CC3C(N)=O)c3ccccc32)c1Cl. The predicted molar refractivity (Wildman–Crippen MR) is 91.2 cm³/mol. The second kappa shape index (κ2) is 5.32. The fourth-order valence-electron chi connectivity index (χ4n) is 3.30. The molecule has 2 aromatic heterocycles. The molecule has 0 spiro atoms. The van der Waals surface area contributed by atoms with Crippen LogP contribution in [0.15, 0.2) is 24.3 Å². The van der Waals surface area contributed by atoms with E-state index >= 15 is 0 Å². The summed E-state index contributed by atoms with van der Waals surface area (Å²) in [5.74, 6) is 0.105. The summed E-state index contributed by atoms with van der Waals surface area (Å²) in [4.78, 5) is 18.2. The van der Waals surface area contributed by atoms with Crippen LogP contribution in [0.2, 0.25) is 5.02 Å². The van der Waals surface area contributed by atoms with Crippen molar-refractivity contribution in [3.63, 3.8) is 0 Å². The summed E-state index contributed by atoms with van der Waals surface area (Å²) in [6.45, 7) is 2.11. The average molecular weight is 346 g/mol. The Bertz CT molecular complexity index is 970. The number of carbonyl (C=O) groups is 1. The van der Waals surface area contributed by atoms with Gasteiger partial charge in [-0.25, -0.2) is 9.50 Å². The third-order valence-corrected chi connectivity index (χ3v) is 4.87. The van der Waals surface area contributed by atoms with Gasteiger partial charge in [0.2, 0.25) is 5.91 Å². The maximum Gasteiger partial charge on any atom is 0.240 e. The molecule has 1 aliphatic heterocycles. The molecule has 2 unspecified atom stereocenters. The zero-order valence-corrected chi connectivity index (χ0v) is 13.7. The molecule has 1 aromatic carbocycles. The number of benzene rings is 1. The maximum absolute atomic E-state index is 11.8. The lowest BCUT2D eigenvalue weighted by Gasteiger charge is -2.24. The standard InChI is InChI=1S/C16H16ClN5O2/c1-8-13(17)16-19-15(21-7-9(23)6-12(21)14(18)24)10-4-2-3-5-11(10)22(16)20-8/h2-5,9,12,23H,6-7H2,1H3,(H2,18,24). The number of aromatic nitrogens is 3. The maximum atomic E-state index is 11.8. The Hall–Kier alpha value is -2.38. The number of halogens is 1. The van der Waals surface area contributed by atoms with Crippen molar-refractivity contribution in [3.8, 4) is 0 Å². The molecular weight excluding hydrogens is 330 g/mol. The Labute approximate surface area is 142 Å². The Morgan fingerprint density at radius 1 is 1.42 bits per heavy atom. The molecule has 3 heterocycles. The highest BCUT2D eigenvalue weighted by Crippen LogP contribution is 2.33. The number of para-hydroxylation sites is 1. The number of rotatable bonds is 2. The molecule has 4 rings (SSSR count). The van der Waals surface area contributed by atoms with Crippen molar-refractivity contribution < 1.29 is 9.90 Å². The summed E-state index contributed by atoms with van der Waals surface area (Å²) < 4.78 is 1.70. The van der Waals surface area contributed by atoms with Gasteiger partial charge in [-0.1, -0.05) is 23.7 Å². The highest BCUT2D eigenvalue weighted by molar-refractivity contribution is 6.34. The van der Waals surface area contributed by atoms with E-state index in [-0.39, 0.29) is 0 Å². The van der Waals surface area contributed by atoms with Crippen LogP contribution in [-0.2, 0) is 4.79 Å². The molecule has 3 aromatic rings. The first-order chi connectivity index (χ1) is 11.5. The number of amides is 1. The van der Waals surface area contributed by atoms with Gasteiger partial charge < -0.3 is 15.7 Å². The summed E-state index contributed by atoms with van der Waals surface area (Å²) >= 11 is 6.34. The minimum Gasteiger partial charge on any atom is -0.391 e. The molecule has 3 N–H and O–H groups in total. The van der Waals surface area contributed by atoms with Crippen molar-refractivity contribution in [2.24, 2.45) is 5.73 Å². The van der Waals surface area contributed by atoms with Gasteiger partial charge in [0, 0.05) is 18.4 Å². The summed E-state index contributed by atoms with van der Waals surface area (Å²) in [5.41, 5.74) is 7.55. The normalized spacial score (nSPS) is 21.0. The number of hydrogen-bond donors (Lipinski definition) is 2. The van der Waals surface area contributed by atoms with Crippen LogP contribution in [0, 0.1) is 6.92 Å². The molecule has 1 amide bonds. The third kappa shape index (κ3) is 2.12. The first-order valence-corrected chi connectivity index (χ1v) is 8.02.